The predicted octanol–water partition coefficient (Wildman–Crippen LogP) is 6.10. The molecule has 19 nitrogen and oxygen atoms in total. The minimum Gasteiger partial charge on any atom is -0.459 e. The second kappa shape index (κ2) is 23.6. The number of carbonyl (C=O) groups is 8. The van der Waals surface area contributed by atoms with Crippen molar-refractivity contribution < 1.29 is 90.9 Å². The van der Waals surface area contributed by atoms with Crippen molar-refractivity contribution in [2.45, 2.75) is 120 Å². The lowest BCUT2D eigenvalue weighted by atomic mass is 9.44. The molecule has 1 saturated heterocycles. The zero-order chi connectivity index (χ0) is 60.6. The van der Waals surface area contributed by atoms with Crippen LogP contribution in [-0.2, 0) is 52.4 Å². The molecule has 1 heterocycles. The van der Waals surface area contributed by atoms with Crippen molar-refractivity contribution in [1.29, 1.82) is 0 Å². The van der Waals surface area contributed by atoms with Crippen LogP contribution >= 0.6 is 0 Å². The Morgan fingerprint density at radius 1 is 0.655 bits per heavy atom. The minimum atomic E-state index is -2.65. The fraction of sp³-hybridized carbons (Fsp3) is 0.365. The number of Topliss-reactive ketones (excluding diaryl/α,β-unsaturated/α-hetero) is 1. The molecular weight excluding hydrogens is 1090 g/mol. The highest BCUT2D eigenvalue weighted by Gasteiger charge is 2.79. The maximum atomic E-state index is 16.5. The number of halogens is 2. The monoisotopic (exact) mass is 1160 g/mol. The number of aliphatic hydroxyl groups excluding tert-OH is 2. The van der Waals surface area contributed by atoms with Crippen molar-refractivity contribution in [1.82, 2.24) is 10.6 Å². The number of ether oxygens (including phenoxy) is 6. The lowest BCUT2D eigenvalue weighted by molar-refractivity contribution is -0.346. The minimum absolute atomic E-state index is 0.0140. The molecule has 2 saturated carbocycles. The highest BCUT2D eigenvalue weighted by atomic mass is 19.2. The van der Waals surface area contributed by atoms with Gasteiger partial charge in [0, 0.05) is 37.7 Å². The van der Waals surface area contributed by atoms with Crippen LogP contribution in [0.5, 0.6) is 0 Å². The molecule has 440 valence electrons. The molecule has 5 N–H and O–H groups in total. The van der Waals surface area contributed by atoms with Crippen LogP contribution in [0.1, 0.15) is 109 Å². The van der Waals surface area contributed by atoms with E-state index in [1.54, 1.807) is 60.7 Å². The number of hydrogen-bond donors (Lipinski definition) is 5. The SMILES string of the molecule is CC(=O)O[C@H]1C(=O)[C@@]2(C)C([C@H](OC(=O)c3ccccc3)[C@]3(O)C[C@H](OC(=O)[C@H](O)[C@@H](NC(=O)c4ccccc4)c4ccccc4)C(C)=C1C3(C)C)[C@]1(OC(C)=O)CO[C@@H]1C[C@@H]2OC(=O)C(O)C(NC(=O)c1cccc(F)c1F)c1ccccc1. The Balaban J connectivity index is 1.19. The number of amides is 2. The number of aliphatic hydroxyl groups is 3. The van der Waals surface area contributed by atoms with E-state index >= 15 is 9.18 Å². The van der Waals surface area contributed by atoms with Gasteiger partial charge in [0.2, 0.25) is 0 Å². The quantitative estimate of drug-likeness (QED) is 0.0424. The van der Waals surface area contributed by atoms with E-state index in [0.29, 0.717) is 0 Å². The summed E-state index contributed by atoms with van der Waals surface area (Å²) < 4.78 is 66.8. The normalized spacial score (nSPS) is 27.2. The van der Waals surface area contributed by atoms with Crippen molar-refractivity contribution in [3.05, 3.63) is 190 Å². The average Bonchev–Trinajstić information content (AvgIpc) is 0.691. The van der Waals surface area contributed by atoms with Crippen LogP contribution in [-0.4, -0.2) is 123 Å². The van der Waals surface area contributed by atoms with E-state index in [4.69, 9.17) is 28.4 Å². The summed E-state index contributed by atoms with van der Waals surface area (Å²) in [4.78, 5) is 115. The number of ketones is 1. The molecule has 21 heteroatoms. The second-order valence-electron chi connectivity index (χ2n) is 22.2. The number of carbonyl (C=O) groups excluding carboxylic acids is 8. The van der Waals surface area contributed by atoms with Gasteiger partial charge in [0.15, 0.2) is 41.3 Å². The van der Waals surface area contributed by atoms with Crippen molar-refractivity contribution in [2.24, 2.45) is 16.7 Å². The van der Waals surface area contributed by atoms with Crippen LogP contribution in [0.2, 0.25) is 0 Å². The zero-order valence-corrected chi connectivity index (χ0v) is 46.5. The number of esters is 5. The molecule has 0 aromatic heterocycles. The topological polar surface area (TPSA) is 277 Å². The second-order valence-corrected chi connectivity index (χ2v) is 22.2. The summed E-state index contributed by atoms with van der Waals surface area (Å²) in [6.45, 7) is 7.16. The lowest BCUT2D eigenvalue weighted by Gasteiger charge is -2.67. The van der Waals surface area contributed by atoms with E-state index in [2.05, 4.69) is 10.6 Å². The molecule has 5 aromatic carbocycles. The maximum absolute atomic E-state index is 16.5. The van der Waals surface area contributed by atoms with E-state index in [0.717, 1.165) is 32.0 Å². The Morgan fingerprint density at radius 2 is 1.18 bits per heavy atom. The third-order valence-electron chi connectivity index (χ3n) is 16.9. The number of fused-ring (bicyclic) bond motifs is 5. The Bertz CT molecular complexity index is 3400. The first kappa shape index (κ1) is 60.1. The average molecular weight is 1160 g/mol. The third-order valence-corrected chi connectivity index (χ3v) is 16.9. The fourth-order valence-electron chi connectivity index (χ4n) is 12.6. The van der Waals surface area contributed by atoms with Crippen LogP contribution in [0, 0.1) is 28.4 Å². The molecule has 5 aromatic rings. The Kier molecular flexibility index (Phi) is 16.9. The van der Waals surface area contributed by atoms with Gasteiger partial charge in [-0.25, -0.2) is 23.2 Å². The Morgan fingerprint density at radius 3 is 1.70 bits per heavy atom. The summed E-state index contributed by atoms with van der Waals surface area (Å²) in [6, 6.07) is 30.6. The predicted molar refractivity (Wildman–Crippen MR) is 291 cm³/mol. The number of nitrogens with one attached hydrogen (secondary N) is 2. The lowest BCUT2D eigenvalue weighted by Crippen LogP contribution is -2.82. The molecule has 84 heavy (non-hydrogen) atoms. The van der Waals surface area contributed by atoms with Crippen LogP contribution < -0.4 is 10.6 Å². The molecule has 0 spiro atoms. The zero-order valence-electron chi connectivity index (χ0n) is 46.5. The molecule has 3 unspecified atom stereocenters. The largest absolute Gasteiger partial charge is 0.459 e. The van der Waals surface area contributed by atoms with Crippen LogP contribution in [0.15, 0.2) is 151 Å². The molecule has 13 atom stereocenters. The van der Waals surface area contributed by atoms with Gasteiger partial charge in [-0.3, -0.25) is 24.0 Å². The first-order valence-electron chi connectivity index (χ1n) is 27.1. The van der Waals surface area contributed by atoms with E-state index in [1.165, 1.54) is 88.4 Å². The van der Waals surface area contributed by atoms with Gasteiger partial charge in [-0.2, -0.15) is 0 Å². The maximum Gasteiger partial charge on any atom is 0.338 e. The van der Waals surface area contributed by atoms with E-state index in [-0.39, 0.29) is 33.4 Å². The molecule has 9 rings (SSSR count). The van der Waals surface area contributed by atoms with Crippen molar-refractivity contribution >= 4 is 47.4 Å². The Hall–Kier alpha value is -8.50. The van der Waals surface area contributed by atoms with Gasteiger partial charge >= 0.3 is 29.8 Å². The van der Waals surface area contributed by atoms with Crippen LogP contribution in [0.4, 0.5) is 8.78 Å². The molecule has 3 aliphatic carbocycles. The Labute approximate surface area is 481 Å². The molecule has 2 bridgehead atoms. The summed E-state index contributed by atoms with van der Waals surface area (Å²) >= 11 is 0. The van der Waals surface area contributed by atoms with Crippen LogP contribution in [0.3, 0.4) is 0 Å². The summed E-state index contributed by atoms with van der Waals surface area (Å²) in [6.07, 6.45) is -14.9. The summed E-state index contributed by atoms with van der Waals surface area (Å²) in [7, 11) is 0. The first-order valence-corrected chi connectivity index (χ1v) is 27.1. The van der Waals surface area contributed by atoms with E-state index < -0.39 is 167 Å². The molecule has 2 amide bonds. The van der Waals surface area contributed by atoms with Gasteiger partial charge in [0.25, 0.3) is 11.8 Å². The van der Waals surface area contributed by atoms with Crippen molar-refractivity contribution in [3.63, 3.8) is 0 Å². The highest BCUT2D eigenvalue weighted by Crippen LogP contribution is 2.65. The third kappa shape index (κ3) is 10.9. The molecule has 0 radical (unpaired) electrons. The number of hydrogen-bond acceptors (Lipinski definition) is 17. The van der Waals surface area contributed by atoms with Gasteiger partial charge in [0.05, 0.1) is 41.2 Å². The summed E-state index contributed by atoms with van der Waals surface area (Å²) in [5.74, 6) is -13.7. The van der Waals surface area contributed by atoms with E-state index in [1.807, 2.05) is 0 Å². The molecule has 1 aliphatic heterocycles. The highest BCUT2D eigenvalue weighted by molar-refractivity contribution is 5.97. The van der Waals surface area contributed by atoms with Crippen molar-refractivity contribution in [3.8, 4) is 0 Å². The van der Waals surface area contributed by atoms with Gasteiger partial charge in [-0.05, 0) is 72.5 Å². The first-order chi connectivity index (χ1) is 39.8. The molecule has 4 aliphatic rings. The van der Waals surface area contributed by atoms with Crippen LogP contribution in [0.25, 0.3) is 0 Å². The summed E-state index contributed by atoms with van der Waals surface area (Å²) in [5.41, 5.74) is -9.53. The molecule has 3 fully saturated rings. The van der Waals surface area contributed by atoms with Crippen molar-refractivity contribution in [2.75, 3.05) is 6.61 Å². The van der Waals surface area contributed by atoms with Gasteiger partial charge in [0.1, 0.15) is 30.0 Å². The standard InChI is InChI=1S/C63H62F2N2O17/c1-33-42(81-58(76)49(70)47(36-20-11-7-12-21-36)66-55(73)38-24-15-9-16-25-38)31-63(78)54(83-57(75)39-26-17-10-18-27-39)52-61(6,53(72)51(80-34(2)68)45(33)60(63,4)5)43(30-44-62(52,32-79-44)84-35(3)69)82-59(77)50(71)48(37-22-13-8-14-23-37)67-56(74)40-28-19-29-41(64)46(40)65/h7-29,42-44,47-52,54,70-71,78H,30-32H2,1-6H3,(H,66,73)(H,67,74)/t42-,43-,44+,47-,48?,49+,50?,51+,52?,54-,61+,62-,63+/m0/s1. The van der Waals surface area contributed by atoms with E-state index in [9.17, 15) is 53.3 Å². The molecular formula is C63H62F2N2O17. The smallest absolute Gasteiger partial charge is 0.338 e. The van der Waals surface area contributed by atoms with Gasteiger partial charge in [-0.15, -0.1) is 0 Å². The summed E-state index contributed by atoms with van der Waals surface area (Å²) in [5, 5.41) is 43.4. The van der Waals surface area contributed by atoms with Gasteiger partial charge in [-0.1, -0.05) is 117 Å². The number of rotatable bonds is 16. The number of benzene rings is 5. The van der Waals surface area contributed by atoms with Gasteiger partial charge < -0.3 is 54.4 Å². The fourth-order valence-corrected chi connectivity index (χ4v) is 12.6.